The van der Waals surface area contributed by atoms with Crippen LogP contribution in [0.15, 0.2) is 54.6 Å². The molecule has 0 atom stereocenters. The lowest BCUT2D eigenvalue weighted by molar-refractivity contribution is -0.120. The second kappa shape index (κ2) is 9.61. The van der Waals surface area contributed by atoms with Gasteiger partial charge in [-0.1, -0.05) is 61.7 Å². The minimum absolute atomic E-state index is 0.144. The Morgan fingerprint density at radius 3 is 2.62 bits per heavy atom. The molecule has 1 amide bonds. The third-order valence-electron chi connectivity index (χ3n) is 7.11. The number of carbonyl (C=O) groups is 1. The molecule has 1 N–H and O–H groups in total. The molecule has 1 fully saturated rings. The molecule has 0 saturated heterocycles. The Bertz CT molecular complexity index is 1270. The maximum atomic E-state index is 13.2. The summed E-state index contributed by atoms with van der Waals surface area (Å²) >= 11 is 3.51. The van der Waals surface area contributed by atoms with Gasteiger partial charge in [0.2, 0.25) is 5.91 Å². The first-order valence-electron chi connectivity index (χ1n) is 12.3. The molecule has 34 heavy (non-hydrogen) atoms. The first-order chi connectivity index (χ1) is 16.7. The predicted octanol–water partition coefficient (Wildman–Crippen LogP) is 7.10. The molecule has 174 valence electrons. The number of fused-ring (bicyclic) bond motifs is 2. The molecule has 0 unspecified atom stereocenters. The highest BCUT2D eigenvalue weighted by atomic mass is 32.1. The fourth-order valence-electron chi connectivity index (χ4n) is 5.31. The molecule has 6 rings (SSSR count). The monoisotopic (exact) mass is 487 g/mol. The Hall–Kier alpha value is -2.54. The average Bonchev–Trinajstić information content (AvgIpc) is 3.45. The highest BCUT2D eigenvalue weighted by Gasteiger charge is 2.29. The zero-order valence-corrected chi connectivity index (χ0v) is 20.9. The smallest absolute Gasteiger partial charge is 0.228 e. The normalized spacial score (nSPS) is 17.1. The first-order valence-corrected chi connectivity index (χ1v) is 14.0. The standard InChI is InChI=1S/C28H29N3OS2/c32-26(20-11-5-2-6-12-20)30-28-25(27-29-22-13-7-8-14-23(22)33-27)21-15-16-31(18-24(21)34-28)17-19-9-3-1-4-10-19/h1,3-4,7-10,13-14,20H,2,5-6,11-12,15-18H2,(H,30,32). The SMILES string of the molecule is O=C(Nc1sc2c(c1-c1nc3ccccc3s1)CCN(Cc1ccccc1)C2)C1CCCCC1. The van der Waals surface area contributed by atoms with Crippen LogP contribution in [0.1, 0.15) is 48.1 Å². The summed E-state index contributed by atoms with van der Waals surface area (Å²) in [6.45, 7) is 2.90. The van der Waals surface area contributed by atoms with E-state index >= 15 is 0 Å². The van der Waals surface area contributed by atoms with E-state index in [0.29, 0.717) is 0 Å². The molecular formula is C28H29N3OS2. The van der Waals surface area contributed by atoms with Crippen molar-refractivity contribution in [1.82, 2.24) is 9.88 Å². The summed E-state index contributed by atoms with van der Waals surface area (Å²) < 4.78 is 1.20. The Morgan fingerprint density at radius 1 is 1.00 bits per heavy atom. The van der Waals surface area contributed by atoms with Crippen LogP contribution >= 0.6 is 22.7 Å². The predicted molar refractivity (Wildman–Crippen MR) is 142 cm³/mol. The molecule has 1 aliphatic heterocycles. The van der Waals surface area contributed by atoms with Crippen LogP contribution in [0, 0.1) is 5.92 Å². The summed E-state index contributed by atoms with van der Waals surface area (Å²) in [4.78, 5) is 22.1. The maximum absolute atomic E-state index is 13.2. The molecule has 4 nitrogen and oxygen atoms in total. The number of thiazole rings is 1. The van der Waals surface area contributed by atoms with Crippen LogP contribution in [0.3, 0.4) is 0 Å². The average molecular weight is 488 g/mol. The van der Waals surface area contributed by atoms with Crippen molar-refractivity contribution < 1.29 is 4.79 Å². The third-order valence-corrected chi connectivity index (χ3v) is 9.29. The van der Waals surface area contributed by atoms with E-state index in [9.17, 15) is 4.79 Å². The second-order valence-electron chi connectivity index (χ2n) is 9.47. The van der Waals surface area contributed by atoms with Gasteiger partial charge in [-0.3, -0.25) is 9.69 Å². The van der Waals surface area contributed by atoms with Gasteiger partial charge in [-0.2, -0.15) is 0 Å². The highest BCUT2D eigenvalue weighted by Crippen LogP contribution is 2.46. The third kappa shape index (κ3) is 4.42. The van der Waals surface area contributed by atoms with E-state index in [0.717, 1.165) is 67.3 Å². The number of benzene rings is 2. The molecule has 4 aromatic rings. The van der Waals surface area contributed by atoms with Crippen molar-refractivity contribution >= 4 is 43.8 Å². The minimum atomic E-state index is 0.144. The van der Waals surface area contributed by atoms with Crippen molar-refractivity contribution in [2.24, 2.45) is 5.92 Å². The van der Waals surface area contributed by atoms with Crippen molar-refractivity contribution in [2.75, 3.05) is 11.9 Å². The van der Waals surface area contributed by atoms with E-state index in [4.69, 9.17) is 4.98 Å². The second-order valence-corrected chi connectivity index (χ2v) is 11.6. The summed E-state index contributed by atoms with van der Waals surface area (Å²) in [7, 11) is 0. The molecular weight excluding hydrogens is 458 g/mol. The van der Waals surface area contributed by atoms with Gasteiger partial charge in [-0.15, -0.1) is 22.7 Å². The van der Waals surface area contributed by atoms with E-state index in [1.807, 2.05) is 6.07 Å². The Kier molecular flexibility index (Phi) is 6.20. The van der Waals surface area contributed by atoms with Crippen molar-refractivity contribution in [2.45, 2.75) is 51.6 Å². The van der Waals surface area contributed by atoms with Crippen molar-refractivity contribution in [3.63, 3.8) is 0 Å². The number of nitrogens with zero attached hydrogens (tertiary/aromatic N) is 2. The summed E-state index contributed by atoms with van der Waals surface area (Å²) in [5.74, 6) is 0.340. The molecule has 6 heteroatoms. The number of nitrogens with one attached hydrogen (secondary N) is 1. The van der Waals surface area contributed by atoms with Crippen LogP contribution in [0.4, 0.5) is 5.00 Å². The molecule has 2 aliphatic rings. The molecule has 1 aliphatic carbocycles. The quantitative estimate of drug-likeness (QED) is 0.326. The van der Waals surface area contributed by atoms with Gasteiger partial charge in [-0.05, 0) is 42.5 Å². The van der Waals surface area contributed by atoms with Crippen molar-refractivity contribution in [3.8, 4) is 10.6 Å². The molecule has 0 spiro atoms. The number of hydrogen-bond acceptors (Lipinski definition) is 5. The highest BCUT2D eigenvalue weighted by molar-refractivity contribution is 7.22. The molecule has 2 aromatic heterocycles. The van der Waals surface area contributed by atoms with Crippen LogP contribution in [0.25, 0.3) is 20.8 Å². The van der Waals surface area contributed by atoms with E-state index in [1.54, 1.807) is 22.7 Å². The van der Waals surface area contributed by atoms with Crippen molar-refractivity contribution in [3.05, 3.63) is 70.6 Å². The van der Waals surface area contributed by atoms with E-state index < -0.39 is 0 Å². The Labute approximate surface area is 208 Å². The zero-order valence-electron chi connectivity index (χ0n) is 19.3. The maximum Gasteiger partial charge on any atom is 0.228 e. The number of amides is 1. The van der Waals surface area contributed by atoms with Gasteiger partial charge in [0.15, 0.2) is 0 Å². The van der Waals surface area contributed by atoms with Crippen LogP contribution in [-0.2, 0) is 24.3 Å². The fourth-order valence-corrected chi connectivity index (χ4v) is 7.71. The van der Waals surface area contributed by atoms with Crippen LogP contribution < -0.4 is 5.32 Å². The van der Waals surface area contributed by atoms with Gasteiger partial charge < -0.3 is 5.32 Å². The Balaban J connectivity index is 1.34. The summed E-state index contributed by atoms with van der Waals surface area (Å²) in [6.07, 6.45) is 6.60. The van der Waals surface area contributed by atoms with Gasteiger partial charge in [0.1, 0.15) is 10.0 Å². The van der Waals surface area contributed by atoms with Crippen LogP contribution in [0.2, 0.25) is 0 Å². The molecule has 1 saturated carbocycles. The lowest BCUT2D eigenvalue weighted by Crippen LogP contribution is -2.29. The molecule has 2 aromatic carbocycles. The number of thiophene rings is 1. The number of anilines is 1. The van der Waals surface area contributed by atoms with Gasteiger partial charge in [0.25, 0.3) is 0 Å². The zero-order chi connectivity index (χ0) is 22.9. The van der Waals surface area contributed by atoms with E-state index in [-0.39, 0.29) is 11.8 Å². The van der Waals surface area contributed by atoms with Gasteiger partial charge >= 0.3 is 0 Å². The number of para-hydroxylation sites is 1. The van der Waals surface area contributed by atoms with E-state index in [1.165, 1.54) is 32.7 Å². The summed E-state index contributed by atoms with van der Waals surface area (Å²) in [6, 6.07) is 19.0. The number of aromatic nitrogens is 1. The number of rotatable bonds is 5. The minimum Gasteiger partial charge on any atom is -0.317 e. The largest absolute Gasteiger partial charge is 0.317 e. The number of carbonyl (C=O) groups excluding carboxylic acids is 1. The summed E-state index contributed by atoms with van der Waals surface area (Å²) in [5, 5.41) is 5.41. The fraction of sp³-hybridized carbons (Fsp3) is 0.357. The van der Waals surface area contributed by atoms with Gasteiger partial charge in [-0.25, -0.2) is 4.98 Å². The molecule has 3 heterocycles. The lowest BCUT2D eigenvalue weighted by atomic mass is 9.88. The van der Waals surface area contributed by atoms with E-state index in [2.05, 4.69) is 58.7 Å². The molecule has 0 radical (unpaired) electrons. The molecule has 0 bridgehead atoms. The summed E-state index contributed by atoms with van der Waals surface area (Å²) in [5.41, 5.74) is 4.94. The first kappa shape index (κ1) is 22.0. The lowest BCUT2D eigenvalue weighted by Gasteiger charge is -2.27. The van der Waals surface area contributed by atoms with Crippen LogP contribution in [0.5, 0.6) is 0 Å². The number of hydrogen-bond donors (Lipinski definition) is 1. The topological polar surface area (TPSA) is 45.2 Å². The van der Waals surface area contributed by atoms with Gasteiger partial charge in [0, 0.05) is 36.0 Å². The van der Waals surface area contributed by atoms with Crippen molar-refractivity contribution in [1.29, 1.82) is 0 Å². The van der Waals surface area contributed by atoms with Gasteiger partial charge in [0.05, 0.1) is 10.2 Å². The van der Waals surface area contributed by atoms with Crippen LogP contribution in [-0.4, -0.2) is 22.3 Å². The Morgan fingerprint density at radius 2 is 1.79 bits per heavy atom.